The summed E-state index contributed by atoms with van der Waals surface area (Å²) in [5.41, 5.74) is 3.19. The Morgan fingerprint density at radius 1 is 1.29 bits per heavy atom. The fourth-order valence-corrected chi connectivity index (χ4v) is 2.25. The van der Waals surface area contributed by atoms with Crippen molar-refractivity contribution in [1.82, 2.24) is 4.90 Å². The molecule has 2 nitrogen and oxygen atoms in total. The summed E-state index contributed by atoms with van der Waals surface area (Å²) in [6.45, 7) is 9.37. The average molecular weight is 254 g/mol. The highest BCUT2D eigenvalue weighted by atomic mass is 35.5. The van der Waals surface area contributed by atoms with Crippen molar-refractivity contribution >= 4 is 17.5 Å². The fraction of sp³-hybridized carbons (Fsp3) is 0.500. The number of alkyl halides is 1. The number of nitrogens with zero attached hydrogens (tertiary/aromatic N) is 1. The van der Waals surface area contributed by atoms with Crippen LogP contribution in [0.5, 0.6) is 0 Å². The van der Waals surface area contributed by atoms with E-state index < -0.39 is 5.38 Å². The van der Waals surface area contributed by atoms with Crippen molar-refractivity contribution in [2.75, 3.05) is 13.1 Å². The van der Waals surface area contributed by atoms with Crippen LogP contribution < -0.4 is 0 Å². The summed E-state index contributed by atoms with van der Waals surface area (Å²) in [6.07, 6.45) is 0. The highest BCUT2D eigenvalue weighted by molar-refractivity contribution is 6.30. The Kier molecular flexibility index (Phi) is 5.01. The van der Waals surface area contributed by atoms with Crippen LogP contribution in [0.2, 0.25) is 0 Å². The monoisotopic (exact) mass is 253 g/mol. The predicted molar refractivity (Wildman–Crippen MR) is 72.4 cm³/mol. The van der Waals surface area contributed by atoms with Gasteiger partial charge in [-0.05, 0) is 44.4 Å². The van der Waals surface area contributed by atoms with Gasteiger partial charge in [-0.3, -0.25) is 4.79 Å². The number of hydrogen-bond acceptors (Lipinski definition) is 1. The van der Waals surface area contributed by atoms with E-state index in [1.54, 1.807) is 4.90 Å². The summed E-state index contributed by atoms with van der Waals surface area (Å²) in [7, 11) is 0. The van der Waals surface area contributed by atoms with Crippen molar-refractivity contribution in [3.05, 3.63) is 34.9 Å². The summed E-state index contributed by atoms with van der Waals surface area (Å²) in [5.74, 6) is -0.00892. The molecular formula is C14H20ClNO. The van der Waals surface area contributed by atoms with Crippen LogP contribution in [0.25, 0.3) is 0 Å². The molecule has 0 saturated heterocycles. The molecule has 0 aromatic heterocycles. The standard InChI is InChI=1S/C14H20ClNO/c1-5-16(6-2)14(17)13(15)12-9-7-8-10(3)11(12)4/h7-9,13H,5-6H2,1-4H3. The van der Waals surface area contributed by atoms with E-state index in [-0.39, 0.29) is 5.91 Å². The van der Waals surface area contributed by atoms with Crippen LogP contribution in [0, 0.1) is 13.8 Å². The Balaban J connectivity index is 3.00. The Morgan fingerprint density at radius 2 is 1.88 bits per heavy atom. The maximum atomic E-state index is 12.2. The Bertz CT molecular complexity index is 399. The molecule has 0 aliphatic heterocycles. The minimum absolute atomic E-state index is 0.00892. The molecule has 0 fully saturated rings. The second-order valence-corrected chi connectivity index (χ2v) is 4.60. The van der Waals surface area contributed by atoms with Gasteiger partial charge in [0.2, 0.25) is 5.91 Å². The molecule has 1 aromatic carbocycles. The van der Waals surface area contributed by atoms with E-state index in [0.717, 1.165) is 11.1 Å². The zero-order valence-electron chi connectivity index (χ0n) is 11.0. The lowest BCUT2D eigenvalue weighted by Gasteiger charge is -2.23. The zero-order valence-corrected chi connectivity index (χ0v) is 11.7. The molecule has 0 aliphatic carbocycles. The second-order valence-electron chi connectivity index (χ2n) is 4.16. The first kappa shape index (κ1) is 14.0. The molecule has 0 bridgehead atoms. The molecule has 1 rings (SSSR count). The first-order valence-corrected chi connectivity index (χ1v) is 6.45. The summed E-state index contributed by atoms with van der Waals surface area (Å²) >= 11 is 6.30. The Labute approximate surface area is 109 Å². The molecule has 17 heavy (non-hydrogen) atoms. The molecule has 1 unspecified atom stereocenters. The van der Waals surface area contributed by atoms with E-state index in [0.29, 0.717) is 13.1 Å². The molecule has 0 N–H and O–H groups in total. The maximum absolute atomic E-state index is 12.2. The maximum Gasteiger partial charge on any atom is 0.245 e. The Morgan fingerprint density at radius 3 is 2.41 bits per heavy atom. The largest absolute Gasteiger partial charge is 0.342 e. The summed E-state index contributed by atoms with van der Waals surface area (Å²) < 4.78 is 0. The smallest absolute Gasteiger partial charge is 0.245 e. The molecule has 1 amide bonds. The van der Waals surface area contributed by atoms with E-state index in [1.807, 2.05) is 45.9 Å². The van der Waals surface area contributed by atoms with Gasteiger partial charge in [-0.25, -0.2) is 0 Å². The predicted octanol–water partition coefficient (Wildman–Crippen LogP) is 3.45. The fourth-order valence-electron chi connectivity index (χ4n) is 1.88. The van der Waals surface area contributed by atoms with Crippen LogP contribution in [0.1, 0.15) is 35.9 Å². The summed E-state index contributed by atoms with van der Waals surface area (Å²) in [5, 5.41) is -0.574. The number of halogens is 1. The van der Waals surface area contributed by atoms with Gasteiger partial charge in [0.1, 0.15) is 5.38 Å². The Hall–Kier alpha value is -1.02. The lowest BCUT2D eigenvalue weighted by molar-refractivity contribution is -0.130. The van der Waals surface area contributed by atoms with Gasteiger partial charge in [0.15, 0.2) is 0 Å². The van der Waals surface area contributed by atoms with E-state index >= 15 is 0 Å². The molecule has 1 atom stereocenters. The van der Waals surface area contributed by atoms with Crippen LogP contribution in [0.15, 0.2) is 18.2 Å². The van der Waals surface area contributed by atoms with Gasteiger partial charge >= 0.3 is 0 Å². The van der Waals surface area contributed by atoms with Crippen LogP contribution >= 0.6 is 11.6 Å². The van der Waals surface area contributed by atoms with Crippen LogP contribution in [0.4, 0.5) is 0 Å². The third-order valence-corrected chi connectivity index (χ3v) is 3.63. The van der Waals surface area contributed by atoms with Crippen LogP contribution in [0.3, 0.4) is 0 Å². The minimum atomic E-state index is -0.574. The van der Waals surface area contributed by atoms with Crippen molar-refractivity contribution in [1.29, 1.82) is 0 Å². The number of benzene rings is 1. The topological polar surface area (TPSA) is 20.3 Å². The highest BCUT2D eigenvalue weighted by Gasteiger charge is 2.23. The third-order valence-electron chi connectivity index (χ3n) is 3.21. The molecule has 94 valence electrons. The number of likely N-dealkylation sites (N-methyl/N-ethyl adjacent to an activating group) is 1. The van der Waals surface area contributed by atoms with E-state index in [9.17, 15) is 4.79 Å². The molecule has 0 radical (unpaired) electrons. The van der Waals surface area contributed by atoms with Crippen molar-refractivity contribution in [3.8, 4) is 0 Å². The quantitative estimate of drug-likeness (QED) is 0.753. The number of amides is 1. The first-order chi connectivity index (χ1) is 8.02. The van der Waals surface area contributed by atoms with Gasteiger partial charge < -0.3 is 4.90 Å². The summed E-state index contributed by atoms with van der Waals surface area (Å²) in [6, 6.07) is 5.91. The normalized spacial score (nSPS) is 12.3. The minimum Gasteiger partial charge on any atom is -0.342 e. The van der Waals surface area contributed by atoms with E-state index in [2.05, 4.69) is 0 Å². The molecule has 0 saturated carbocycles. The molecule has 0 spiro atoms. The van der Waals surface area contributed by atoms with Gasteiger partial charge in [-0.15, -0.1) is 11.6 Å². The van der Waals surface area contributed by atoms with Crippen molar-refractivity contribution in [3.63, 3.8) is 0 Å². The van der Waals surface area contributed by atoms with Crippen LogP contribution in [-0.4, -0.2) is 23.9 Å². The SMILES string of the molecule is CCN(CC)C(=O)C(Cl)c1cccc(C)c1C. The van der Waals surface area contributed by atoms with E-state index in [1.165, 1.54) is 5.56 Å². The van der Waals surface area contributed by atoms with Gasteiger partial charge in [-0.2, -0.15) is 0 Å². The van der Waals surface area contributed by atoms with Crippen molar-refractivity contribution < 1.29 is 4.79 Å². The van der Waals surface area contributed by atoms with Gasteiger partial charge in [-0.1, -0.05) is 18.2 Å². The second kappa shape index (κ2) is 6.06. The van der Waals surface area contributed by atoms with Crippen molar-refractivity contribution in [2.45, 2.75) is 33.1 Å². The highest BCUT2D eigenvalue weighted by Crippen LogP contribution is 2.27. The molecule has 1 aromatic rings. The van der Waals surface area contributed by atoms with Crippen molar-refractivity contribution in [2.24, 2.45) is 0 Å². The van der Waals surface area contributed by atoms with Crippen LogP contribution in [-0.2, 0) is 4.79 Å². The van der Waals surface area contributed by atoms with Gasteiger partial charge in [0.05, 0.1) is 0 Å². The molecule has 0 heterocycles. The number of aryl methyl sites for hydroxylation is 1. The third kappa shape index (κ3) is 3.01. The number of carbonyl (C=O) groups is 1. The van der Waals surface area contributed by atoms with Gasteiger partial charge in [0.25, 0.3) is 0 Å². The average Bonchev–Trinajstić information content (AvgIpc) is 2.33. The number of rotatable bonds is 4. The molecule has 3 heteroatoms. The first-order valence-electron chi connectivity index (χ1n) is 6.01. The zero-order chi connectivity index (χ0) is 13.0. The molecule has 0 aliphatic rings. The lowest BCUT2D eigenvalue weighted by Crippen LogP contribution is -2.33. The van der Waals surface area contributed by atoms with E-state index in [4.69, 9.17) is 11.6 Å². The molecular weight excluding hydrogens is 234 g/mol. The number of hydrogen-bond donors (Lipinski definition) is 0. The summed E-state index contributed by atoms with van der Waals surface area (Å²) in [4.78, 5) is 13.9. The number of carbonyl (C=O) groups excluding carboxylic acids is 1. The lowest BCUT2D eigenvalue weighted by atomic mass is 10.00. The van der Waals surface area contributed by atoms with Gasteiger partial charge in [0, 0.05) is 13.1 Å².